The minimum absolute atomic E-state index is 0.686. The Balaban J connectivity index is 1.42. The molecule has 2 aliphatic rings. The van der Waals surface area contributed by atoms with E-state index in [4.69, 9.17) is 9.47 Å². The van der Waals surface area contributed by atoms with Gasteiger partial charge in [-0.05, 0) is 56.2 Å². The lowest BCUT2D eigenvalue weighted by Crippen LogP contribution is -2.33. The molecule has 0 aliphatic carbocycles. The van der Waals surface area contributed by atoms with Gasteiger partial charge in [0, 0.05) is 30.2 Å². The number of hydrogen-bond acceptors (Lipinski definition) is 8. The fourth-order valence-electron chi connectivity index (χ4n) is 4.68. The number of aryl methyl sites for hydroxylation is 1. The standard InChI is InChI=1S/C30H34N7O2/c1-5-7-23-19-24(12-15-37(23)34-6-2)39-27-11-8-22(18-21(27)3)35-30-28-25(32-20-33-30)9-10-26(29(28)38-4)36-16-13-31-14-17-36/h6-12,15-16,18-20,31H,5,13-14,17H2,1-4H3,(H,32,33,35)/q+1/b23-7+,34-6-. The van der Waals surface area contributed by atoms with Crippen molar-refractivity contribution in [1.82, 2.24) is 20.3 Å². The van der Waals surface area contributed by atoms with Gasteiger partial charge < -0.3 is 20.1 Å². The van der Waals surface area contributed by atoms with Crippen molar-refractivity contribution >= 4 is 40.5 Å². The normalized spacial score (nSPS) is 16.5. The second-order valence-electron chi connectivity index (χ2n) is 9.14. The lowest BCUT2D eigenvalue weighted by Gasteiger charge is -2.21. The maximum absolute atomic E-state index is 6.25. The lowest BCUT2D eigenvalue weighted by atomic mass is 10.1. The Morgan fingerprint density at radius 2 is 2.13 bits per heavy atom. The molecule has 0 atom stereocenters. The zero-order valence-electron chi connectivity index (χ0n) is 22.8. The molecular formula is C30H34N7O2+. The highest BCUT2D eigenvalue weighted by atomic mass is 16.5. The highest BCUT2D eigenvalue weighted by Crippen LogP contribution is 2.39. The first kappa shape index (κ1) is 26.1. The van der Waals surface area contributed by atoms with Gasteiger partial charge in [-0.1, -0.05) is 13.0 Å². The van der Waals surface area contributed by atoms with Gasteiger partial charge in [0.25, 0.3) is 0 Å². The summed E-state index contributed by atoms with van der Waals surface area (Å²) in [6.07, 6.45) is 14.3. The second-order valence-corrected chi connectivity index (χ2v) is 9.14. The summed E-state index contributed by atoms with van der Waals surface area (Å²) in [5.74, 6) is 2.97. The summed E-state index contributed by atoms with van der Waals surface area (Å²) in [5.41, 5.74) is 4.67. The van der Waals surface area contributed by atoms with E-state index < -0.39 is 0 Å². The van der Waals surface area contributed by atoms with Crippen LogP contribution in [0.5, 0.6) is 11.5 Å². The number of rotatable bonds is 8. The largest absolute Gasteiger partial charge is 0.490 e. The average molecular weight is 525 g/mol. The SMILES string of the molecule is C/C=N\N1C=CC(Oc2ccc(Nc3ncnc4ccc([N+]5=CCNCC5)c(OC)c34)cc2C)=C/C1=C\CC. The topological polar surface area (TPSA) is 86.9 Å². The van der Waals surface area contributed by atoms with E-state index >= 15 is 0 Å². The number of methoxy groups -OCH3 is 1. The average Bonchev–Trinajstić information content (AvgIpc) is 2.96. The third-order valence-corrected chi connectivity index (χ3v) is 6.49. The van der Waals surface area contributed by atoms with E-state index in [0.29, 0.717) is 5.82 Å². The number of ether oxygens (including phenoxy) is 2. The van der Waals surface area contributed by atoms with Crippen LogP contribution >= 0.6 is 0 Å². The van der Waals surface area contributed by atoms with E-state index in [9.17, 15) is 0 Å². The highest BCUT2D eigenvalue weighted by molar-refractivity contribution is 5.98. The number of benzene rings is 2. The van der Waals surface area contributed by atoms with Crippen molar-refractivity contribution in [2.24, 2.45) is 5.10 Å². The zero-order chi connectivity index (χ0) is 27.2. The second kappa shape index (κ2) is 11.9. The van der Waals surface area contributed by atoms with Gasteiger partial charge in [-0.2, -0.15) is 9.68 Å². The van der Waals surface area contributed by atoms with Crippen LogP contribution in [0.4, 0.5) is 17.2 Å². The Labute approximate surface area is 228 Å². The van der Waals surface area contributed by atoms with E-state index in [0.717, 1.165) is 76.9 Å². The third kappa shape index (κ3) is 5.68. The summed E-state index contributed by atoms with van der Waals surface area (Å²) in [6.45, 7) is 8.63. The van der Waals surface area contributed by atoms with Crippen molar-refractivity contribution in [3.05, 3.63) is 78.1 Å². The Bertz CT molecular complexity index is 1520. The number of nitrogens with one attached hydrogen (secondary N) is 2. The van der Waals surface area contributed by atoms with Gasteiger partial charge >= 0.3 is 0 Å². The predicted molar refractivity (Wildman–Crippen MR) is 157 cm³/mol. The summed E-state index contributed by atoms with van der Waals surface area (Å²) in [7, 11) is 1.69. The van der Waals surface area contributed by atoms with Gasteiger partial charge in [0.1, 0.15) is 23.7 Å². The maximum Gasteiger partial charge on any atom is 0.248 e. The molecule has 0 spiro atoms. The van der Waals surface area contributed by atoms with Crippen LogP contribution in [0, 0.1) is 6.92 Å². The Morgan fingerprint density at radius 1 is 1.23 bits per heavy atom. The molecule has 200 valence electrons. The van der Waals surface area contributed by atoms with Gasteiger partial charge in [-0.15, -0.1) is 0 Å². The number of hydrogen-bond donors (Lipinski definition) is 2. The molecule has 0 bridgehead atoms. The summed E-state index contributed by atoms with van der Waals surface area (Å²) in [4.78, 5) is 9.07. The fraction of sp³-hybridized carbons (Fsp3) is 0.267. The van der Waals surface area contributed by atoms with Crippen molar-refractivity contribution < 1.29 is 14.0 Å². The van der Waals surface area contributed by atoms with E-state index in [-0.39, 0.29) is 0 Å². The summed E-state index contributed by atoms with van der Waals surface area (Å²) in [6, 6.07) is 10.1. The van der Waals surface area contributed by atoms with E-state index in [2.05, 4.69) is 55.6 Å². The molecule has 5 rings (SSSR count). The van der Waals surface area contributed by atoms with Gasteiger partial charge in [-0.25, -0.2) is 15.0 Å². The minimum Gasteiger partial charge on any atom is -0.490 e. The number of aromatic nitrogens is 2. The van der Waals surface area contributed by atoms with Crippen LogP contribution in [0.3, 0.4) is 0 Å². The zero-order valence-corrected chi connectivity index (χ0v) is 22.8. The fourth-order valence-corrected chi connectivity index (χ4v) is 4.68. The third-order valence-electron chi connectivity index (χ3n) is 6.49. The van der Waals surface area contributed by atoms with E-state index in [1.165, 1.54) is 0 Å². The van der Waals surface area contributed by atoms with Crippen LogP contribution in [-0.2, 0) is 0 Å². The first-order chi connectivity index (χ1) is 19.1. The Hall–Kier alpha value is -4.50. The molecule has 3 aromatic rings. The van der Waals surface area contributed by atoms with Crippen LogP contribution in [0.1, 0.15) is 25.8 Å². The van der Waals surface area contributed by atoms with Crippen LogP contribution in [0.25, 0.3) is 10.9 Å². The van der Waals surface area contributed by atoms with Crippen LogP contribution in [0.2, 0.25) is 0 Å². The first-order valence-corrected chi connectivity index (χ1v) is 13.2. The molecule has 0 fully saturated rings. The number of anilines is 2. The molecule has 1 aromatic heterocycles. The molecule has 2 N–H and O–H groups in total. The van der Waals surface area contributed by atoms with Crippen LogP contribution < -0.4 is 20.1 Å². The molecule has 0 saturated heterocycles. The number of allylic oxidation sites excluding steroid dienone is 3. The van der Waals surface area contributed by atoms with Crippen molar-refractivity contribution in [3.8, 4) is 11.5 Å². The van der Waals surface area contributed by atoms with Crippen molar-refractivity contribution in [3.63, 3.8) is 0 Å². The van der Waals surface area contributed by atoms with E-state index in [1.54, 1.807) is 19.7 Å². The quantitative estimate of drug-likeness (QED) is 0.301. The number of fused-ring (bicyclic) bond motifs is 1. The van der Waals surface area contributed by atoms with Crippen molar-refractivity contribution in [2.45, 2.75) is 27.2 Å². The molecule has 39 heavy (non-hydrogen) atoms. The molecule has 9 heteroatoms. The molecule has 0 unspecified atom stereocenters. The van der Waals surface area contributed by atoms with Crippen LogP contribution in [0.15, 0.2) is 77.6 Å². The smallest absolute Gasteiger partial charge is 0.248 e. The van der Waals surface area contributed by atoms with Crippen LogP contribution in [-0.4, -0.2) is 58.7 Å². The molecule has 0 amide bonds. The Kier molecular flexibility index (Phi) is 7.98. The molecule has 9 nitrogen and oxygen atoms in total. The molecule has 2 aromatic carbocycles. The minimum atomic E-state index is 0.686. The monoisotopic (exact) mass is 524 g/mol. The molecule has 3 heterocycles. The highest BCUT2D eigenvalue weighted by Gasteiger charge is 2.23. The number of hydrazone groups is 1. The molecule has 0 radical (unpaired) electrons. The predicted octanol–water partition coefficient (Wildman–Crippen LogP) is 5.40. The van der Waals surface area contributed by atoms with Crippen molar-refractivity contribution in [1.29, 1.82) is 0 Å². The summed E-state index contributed by atoms with van der Waals surface area (Å²) >= 11 is 0. The van der Waals surface area contributed by atoms with Gasteiger partial charge in [0.2, 0.25) is 11.4 Å². The summed E-state index contributed by atoms with van der Waals surface area (Å²) < 4.78 is 14.4. The number of nitrogens with zero attached hydrogens (tertiary/aromatic N) is 5. The van der Waals surface area contributed by atoms with Gasteiger partial charge in [0.05, 0.1) is 36.8 Å². The first-order valence-electron chi connectivity index (χ1n) is 13.2. The Morgan fingerprint density at radius 3 is 2.87 bits per heavy atom. The summed E-state index contributed by atoms with van der Waals surface area (Å²) in [5, 5.41) is 13.9. The molecular weight excluding hydrogens is 490 g/mol. The molecule has 0 saturated carbocycles. The van der Waals surface area contributed by atoms with Gasteiger partial charge in [0.15, 0.2) is 12.8 Å². The maximum atomic E-state index is 6.25. The molecule has 2 aliphatic heterocycles. The van der Waals surface area contributed by atoms with Gasteiger partial charge in [-0.3, -0.25) is 0 Å². The van der Waals surface area contributed by atoms with Crippen molar-refractivity contribution in [2.75, 3.05) is 32.1 Å². The van der Waals surface area contributed by atoms with E-state index in [1.807, 2.05) is 61.5 Å². The lowest BCUT2D eigenvalue weighted by molar-refractivity contribution is -0.438.